The highest BCUT2D eigenvalue weighted by atomic mass is 32.2. The summed E-state index contributed by atoms with van der Waals surface area (Å²) in [7, 11) is 1.83. The van der Waals surface area contributed by atoms with Gasteiger partial charge in [0.15, 0.2) is 5.16 Å². The number of hydrogen-bond acceptors (Lipinski definition) is 6. The summed E-state index contributed by atoms with van der Waals surface area (Å²) in [6.07, 6.45) is 1.50. The molecule has 0 radical (unpaired) electrons. The molecule has 2 rings (SSSR count). The molecule has 2 aromatic heterocycles. The maximum atomic E-state index is 11.5. The van der Waals surface area contributed by atoms with E-state index in [-0.39, 0.29) is 5.91 Å². The van der Waals surface area contributed by atoms with E-state index in [0.29, 0.717) is 10.6 Å². The number of nitrogen functional groups attached to an aromatic ring is 1. The molecular formula is C9H11N5OS2. The fraction of sp³-hybridized carbons (Fsp3) is 0.222. The molecule has 90 valence electrons. The van der Waals surface area contributed by atoms with Crippen LogP contribution in [0.4, 0.5) is 0 Å². The number of nitrogens with two attached hydrogens (primary N) is 1. The van der Waals surface area contributed by atoms with Crippen LogP contribution in [0.3, 0.4) is 0 Å². The van der Waals surface area contributed by atoms with Crippen molar-refractivity contribution in [2.75, 3.05) is 0 Å². The molecular weight excluding hydrogens is 258 g/mol. The van der Waals surface area contributed by atoms with Crippen molar-refractivity contribution in [2.24, 2.45) is 12.9 Å². The number of hydrazine groups is 1. The summed E-state index contributed by atoms with van der Waals surface area (Å²) in [6, 6.07) is 1.92. The quantitative estimate of drug-likeness (QED) is 0.370. The number of thioether (sulfide) groups is 1. The number of rotatable bonds is 4. The highest BCUT2D eigenvalue weighted by Gasteiger charge is 2.12. The van der Waals surface area contributed by atoms with Crippen LogP contribution < -0.4 is 11.3 Å². The number of carbonyl (C=O) groups is 1. The summed E-state index contributed by atoms with van der Waals surface area (Å²) >= 11 is 2.90. The number of aryl methyl sites for hydroxylation is 1. The zero-order valence-corrected chi connectivity index (χ0v) is 10.7. The smallest absolute Gasteiger partial charge is 0.275 e. The third-order valence-corrected chi connectivity index (χ3v) is 4.15. The molecule has 0 unspecified atom stereocenters. The topological polar surface area (TPSA) is 85.8 Å². The third-order valence-electron chi connectivity index (χ3n) is 2.11. The second-order valence-corrected chi connectivity index (χ2v) is 5.06. The lowest BCUT2D eigenvalue weighted by Crippen LogP contribution is -2.29. The molecule has 2 aromatic rings. The molecule has 0 spiro atoms. The van der Waals surface area contributed by atoms with Gasteiger partial charge < -0.3 is 0 Å². The van der Waals surface area contributed by atoms with Gasteiger partial charge in [0.2, 0.25) is 0 Å². The first-order valence-electron chi connectivity index (χ1n) is 4.76. The average molecular weight is 269 g/mol. The number of nitrogens with one attached hydrogen (secondary N) is 1. The second kappa shape index (κ2) is 5.30. The van der Waals surface area contributed by atoms with Gasteiger partial charge in [0, 0.05) is 12.8 Å². The van der Waals surface area contributed by atoms with E-state index in [1.54, 1.807) is 4.68 Å². The van der Waals surface area contributed by atoms with Gasteiger partial charge in [-0.3, -0.25) is 10.2 Å². The molecule has 0 aliphatic carbocycles. The van der Waals surface area contributed by atoms with Crippen LogP contribution in [0.5, 0.6) is 0 Å². The summed E-state index contributed by atoms with van der Waals surface area (Å²) in [4.78, 5) is 16.2. The van der Waals surface area contributed by atoms with Gasteiger partial charge in [-0.05, 0) is 17.0 Å². The predicted octanol–water partition coefficient (Wildman–Crippen LogP) is 0.772. The Bertz CT molecular complexity index is 521. The minimum absolute atomic E-state index is 0.256. The van der Waals surface area contributed by atoms with Crippen molar-refractivity contribution < 1.29 is 4.79 Å². The van der Waals surface area contributed by atoms with Crippen LogP contribution in [-0.4, -0.2) is 20.7 Å². The van der Waals surface area contributed by atoms with Crippen LogP contribution >= 0.6 is 23.1 Å². The maximum absolute atomic E-state index is 11.5. The number of aromatic nitrogens is 3. The number of hydrogen-bond donors (Lipinski definition) is 2. The van der Waals surface area contributed by atoms with Crippen molar-refractivity contribution in [2.45, 2.75) is 10.9 Å². The molecule has 0 fully saturated rings. The SMILES string of the molecule is Cn1ncnc1SCc1ccsc1C(=O)NN. The van der Waals surface area contributed by atoms with Gasteiger partial charge in [0.1, 0.15) is 6.33 Å². The van der Waals surface area contributed by atoms with E-state index in [2.05, 4.69) is 15.5 Å². The number of thiophene rings is 1. The minimum atomic E-state index is -0.256. The van der Waals surface area contributed by atoms with Gasteiger partial charge >= 0.3 is 0 Å². The molecule has 8 heteroatoms. The Balaban J connectivity index is 2.07. The van der Waals surface area contributed by atoms with Crippen molar-refractivity contribution >= 4 is 29.0 Å². The molecule has 0 bridgehead atoms. The number of amides is 1. The normalized spacial score (nSPS) is 10.5. The lowest BCUT2D eigenvalue weighted by Gasteiger charge is -2.02. The molecule has 1 amide bonds. The van der Waals surface area contributed by atoms with E-state index in [1.165, 1.54) is 29.4 Å². The van der Waals surface area contributed by atoms with E-state index in [0.717, 1.165) is 10.7 Å². The minimum Gasteiger partial charge on any atom is -0.289 e. The maximum Gasteiger partial charge on any atom is 0.275 e. The van der Waals surface area contributed by atoms with E-state index in [9.17, 15) is 4.79 Å². The number of carbonyl (C=O) groups excluding carboxylic acids is 1. The Morgan fingerprint density at radius 1 is 1.71 bits per heavy atom. The summed E-state index contributed by atoms with van der Waals surface area (Å²) in [5, 5.41) is 6.67. The van der Waals surface area contributed by atoms with E-state index in [4.69, 9.17) is 5.84 Å². The van der Waals surface area contributed by atoms with E-state index >= 15 is 0 Å². The fourth-order valence-corrected chi connectivity index (χ4v) is 3.07. The lowest BCUT2D eigenvalue weighted by atomic mass is 10.3. The van der Waals surface area contributed by atoms with Crippen molar-refractivity contribution in [1.82, 2.24) is 20.2 Å². The van der Waals surface area contributed by atoms with Gasteiger partial charge in [0.05, 0.1) is 4.88 Å². The zero-order chi connectivity index (χ0) is 12.3. The van der Waals surface area contributed by atoms with Gasteiger partial charge in [-0.1, -0.05) is 11.8 Å². The Morgan fingerprint density at radius 3 is 3.18 bits per heavy atom. The molecule has 3 N–H and O–H groups in total. The third kappa shape index (κ3) is 2.65. The summed E-state index contributed by atoms with van der Waals surface area (Å²) < 4.78 is 1.69. The van der Waals surface area contributed by atoms with E-state index < -0.39 is 0 Å². The monoisotopic (exact) mass is 269 g/mol. The van der Waals surface area contributed by atoms with Crippen LogP contribution in [0.1, 0.15) is 15.2 Å². The van der Waals surface area contributed by atoms with Crippen LogP contribution in [-0.2, 0) is 12.8 Å². The molecule has 0 aromatic carbocycles. The largest absolute Gasteiger partial charge is 0.289 e. The first-order chi connectivity index (χ1) is 8.22. The van der Waals surface area contributed by atoms with Crippen LogP contribution in [0, 0.1) is 0 Å². The van der Waals surface area contributed by atoms with Crippen molar-refractivity contribution in [3.05, 3.63) is 28.2 Å². The summed E-state index contributed by atoms with van der Waals surface area (Å²) in [5.74, 6) is 5.53. The lowest BCUT2D eigenvalue weighted by molar-refractivity contribution is 0.0957. The fourth-order valence-electron chi connectivity index (χ4n) is 1.27. The predicted molar refractivity (Wildman–Crippen MR) is 66.5 cm³/mol. The Morgan fingerprint density at radius 2 is 2.53 bits per heavy atom. The average Bonchev–Trinajstić information content (AvgIpc) is 2.94. The molecule has 0 saturated heterocycles. The van der Waals surface area contributed by atoms with Crippen molar-refractivity contribution in [3.63, 3.8) is 0 Å². The molecule has 6 nitrogen and oxygen atoms in total. The molecule has 2 heterocycles. The molecule has 0 aliphatic heterocycles. The van der Waals surface area contributed by atoms with Crippen molar-refractivity contribution in [1.29, 1.82) is 0 Å². The molecule has 0 saturated carbocycles. The Kier molecular flexibility index (Phi) is 3.77. The second-order valence-electron chi connectivity index (χ2n) is 3.20. The Hall–Kier alpha value is -1.38. The Labute approximate surface area is 106 Å². The van der Waals surface area contributed by atoms with E-state index in [1.807, 2.05) is 18.5 Å². The molecule has 17 heavy (non-hydrogen) atoms. The van der Waals surface area contributed by atoms with Gasteiger partial charge in [-0.25, -0.2) is 15.5 Å². The summed E-state index contributed by atoms with van der Waals surface area (Å²) in [5.41, 5.74) is 3.09. The highest BCUT2D eigenvalue weighted by Crippen LogP contribution is 2.25. The molecule has 0 atom stereocenters. The first kappa shape index (κ1) is 12.1. The van der Waals surface area contributed by atoms with Gasteiger partial charge in [-0.2, -0.15) is 5.10 Å². The highest BCUT2D eigenvalue weighted by molar-refractivity contribution is 7.98. The summed E-state index contributed by atoms with van der Waals surface area (Å²) in [6.45, 7) is 0. The van der Waals surface area contributed by atoms with Gasteiger partial charge in [0.25, 0.3) is 5.91 Å². The van der Waals surface area contributed by atoms with Crippen LogP contribution in [0.15, 0.2) is 22.9 Å². The first-order valence-corrected chi connectivity index (χ1v) is 6.63. The van der Waals surface area contributed by atoms with Crippen LogP contribution in [0.25, 0.3) is 0 Å². The standard InChI is InChI=1S/C9H11N5OS2/c1-14-9(11-5-12-14)17-4-6-2-3-16-7(6)8(15)13-10/h2-3,5H,4,10H2,1H3,(H,13,15). The molecule has 0 aliphatic rings. The number of nitrogens with zero attached hydrogens (tertiary/aromatic N) is 3. The van der Waals surface area contributed by atoms with Gasteiger partial charge in [-0.15, -0.1) is 11.3 Å². The van der Waals surface area contributed by atoms with Crippen LogP contribution in [0.2, 0.25) is 0 Å². The zero-order valence-electron chi connectivity index (χ0n) is 9.08. The van der Waals surface area contributed by atoms with Crippen molar-refractivity contribution in [3.8, 4) is 0 Å².